The summed E-state index contributed by atoms with van der Waals surface area (Å²) in [6, 6.07) is 16.4. The number of ether oxygens (including phenoxy) is 1. The first-order chi connectivity index (χ1) is 13.6. The van der Waals surface area contributed by atoms with Gasteiger partial charge >= 0.3 is 0 Å². The molecule has 0 amide bonds. The van der Waals surface area contributed by atoms with Crippen LogP contribution in [0.1, 0.15) is 24.0 Å². The molecule has 0 spiro atoms. The molecular weight excluding hydrogens is 348 g/mol. The van der Waals surface area contributed by atoms with Crippen molar-refractivity contribution in [1.82, 2.24) is 9.47 Å². The van der Waals surface area contributed by atoms with Gasteiger partial charge in [-0.15, -0.1) is 6.58 Å². The third-order valence-corrected chi connectivity index (χ3v) is 5.88. The van der Waals surface area contributed by atoms with Crippen LogP contribution in [-0.2, 0) is 18.7 Å². The zero-order valence-corrected chi connectivity index (χ0v) is 16.5. The summed E-state index contributed by atoms with van der Waals surface area (Å²) in [6.45, 7) is 7.30. The normalized spacial score (nSPS) is 16.9. The Morgan fingerprint density at radius 2 is 1.82 bits per heavy atom. The smallest absolute Gasteiger partial charge is 0.124 e. The molecule has 0 aliphatic carbocycles. The topological polar surface area (TPSA) is 37.6 Å². The molecule has 1 N–H and O–H groups in total. The Labute approximate surface area is 166 Å². The Bertz CT molecular complexity index is 968. The highest BCUT2D eigenvalue weighted by atomic mass is 16.5. The van der Waals surface area contributed by atoms with Crippen LogP contribution in [-0.4, -0.2) is 34.8 Å². The summed E-state index contributed by atoms with van der Waals surface area (Å²) >= 11 is 0. The number of hydrogen-bond donors (Lipinski definition) is 1. The minimum absolute atomic E-state index is 0.707. The summed E-state index contributed by atoms with van der Waals surface area (Å²) in [6.07, 6.45) is 5.59. The fourth-order valence-corrected chi connectivity index (χ4v) is 4.36. The highest BCUT2D eigenvalue weighted by Crippen LogP contribution is 2.38. The molecule has 0 unspecified atom stereocenters. The van der Waals surface area contributed by atoms with Gasteiger partial charge in [-0.2, -0.15) is 0 Å². The highest BCUT2D eigenvalue weighted by Gasteiger charge is 2.36. The Morgan fingerprint density at radius 1 is 1.11 bits per heavy atom. The van der Waals surface area contributed by atoms with Gasteiger partial charge in [0.05, 0.1) is 12.7 Å². The van der Waals surface area contributed by atoms with E-state index in [9.17, 15) is 5.11 Å². The third-order valence-electron chi connectivity index (χ3n) is 5.88. The monoisotopic (exact) mass is 376 g/mol. The molecule has 0 atom stereocenters. The van der Waals surface area contributed by atoms with E-state index in [1.807, 2.05) is 30.3 Å². The van der Waals surface area contributed by atoms with Gasteiger partial charge in [0.1, 0.15) is 5.75 Å². The van der Waals surface area contributed by atoms with E-state index >= 15 is 0 Å². The van der Waals surface area contributed by atoms with Crippen molar-refractivity contribution in [2.75, 3.05) is 20.2 Å². The maximum Gasteiger partial charge on any atom is 0.124 e. The summed E-state index contributed by atoms with van der Waals surface area (Å²) < 4.78 is 7.73. The number of aromatic nitrogens is 1. The van der Waals surface area contributed by atoms with Gasteiger partial charge in [-0.3, -0.25) is 4.90 Å². The average Bonchev–Trinajstić information content (AvgIpc) is 3.08. The van der Waals surface area contributed by atoms with E-state index in [-0.39, 0.29) is 0 Å². The number of para-hydroxylation sites is 2. The molecule has 0 bridgehead atoms. The maximum atomic E-state index is 11.3. The van der Waals surface area contributed by atoms with Crippen molar-refractivity contribution in [1.29, 1.82) is 0 Å². The van der Waals surface area contributed by atoms with Crippen LogP contribution in [0.5, 0.6) is 5.75 Å². The second kappa shape index (κ2) is 7.82. The van der Waals surface area contributed by atoms with E-state index < -0.39 is 5.60 Å². The van der Waals surface area contributed by atoms with E-state index in [0.717, 1.165) is 37.5 Å². The summed E-state index contributed by atoms with van der Waals surface area (Å²) in [7, 11) is 1.66. The van der Waals surface area contributed by atoms with Gasteiger partial charge in [0.25, 0.3) is 0 Å². The first-order valence-electron chi connectivity index (χ1n) is 9.90. The van der Waals surface area contributed by atoms with Gasteiger partial charge in [-0.25, -0.2) is 0 Å². The number of aliphatic hydroxyl groups is 1. The number of piperidine rings is 1. The summed E-state index contributed by atoms with van der Waals surface area (Å²) in [5.74, 6) is 0.769. The molecular formula is C24H28N2O2. The Kier molecular flexibility index (Phi) is 5.25. The first kappa shape index (κ1) is 18.8. The largest absolute Gasteiger partial charge is 0.496 e. The van der Waals surface area contributed by atoms with Crippen molar-refractivity contribution in [3.05, 3.63) is 78.5 Å². The standard InChI is InChI=1S/C24H28N2O2/c1-3-14-26-18-19(20-8-4-6-10-22(20)26)17-25-15-12-24(27,13-16-25)21-9-5-7-11-23(21)28-2/h3-11,18,27H,1,12-17H2,2H3. The first-order valence-corrected chi connectivity index (χ1v) is 9.90. The molecule has 3 aromatic rings. The second-order valence-corrected chi connectivity index (χ2v) is 7.62. The quantitative estimate of drug-likeness (QED) is 0.651. The van der Waals surface area contributed by atoms with Gasteiger partial charge in [0, 0.05) is 48.8 Å². The molecule has 1 fully saturated rings. The average molecular weight is 377 g/mol. The van der Waals surface area contributed by atoms with Crippen LogP contribution in [0.15, 0.2) is 67.4 Å². The molecule has 28 heavy (non-hydrogen) atoms. The number of likely N-dealkylation sites (tertiary alicyclic amines) is 1. The second-order valence-electron chi connectivity index (χ2n) is 7.62. The van der Waals surface area contributed by atoms with Crippen LogP contribution >= 0.6 is 0 Å². The lowest BCUT2D eigenvalue weighted by Crippen LogP contribution is -2.42. The third kappa shape index (κ3) is 3.46. The van der Waals surface area contributed by atoms with Crippen LogP contribution in [0.2, 0.25) is 0 Å². The van der Waals surface area contributed by atoms with Crippen molar-refractivity contribution in [3.8, 4) is 5.75 Å². The molecule has 1 aromatic heterocycles. The number of nitrogens with zero attached hydrogens (tertiary/aromatic N) is 2. The van der Waals surface area contributed by atoms with Gasteiger partial charge < -0.3 is 14.4 Å². The lowest BCUT2D eigenvalue weighted by Gasteiger charge is -2.39. The molecule has 146 valence electrons. The fourth-order valence-electron chi connectivity index (χ4n) is 4.36. The molecule has 0 radical (unpaired) electrons. The van der Waals surface area contributed by atoms with Crippen LogP contribution < -0.4 is 4.74 Å². The van der Waals surface area contributed by atoms with Crippen molar-refractivity contribution >= 4 is 10.9 Å². The molecule has 2 heterocycles. The molecule has 1 aliphatic heterocycles. The summed E-state index contributed by atoms with van der Waals surface area (Å²) in [5, 5.41) is 12.6. The minimum atomic E-state index is -0.820. The van der Waals surface area contributed by atoms with Crippen LogP contribution in [0, 0.1) is 0 Å². The zero-order valence-electron chi connectivity index (χ0n) is 16.5. The zero-order chi connectivity index (χ0) is 19.6. The summed E-state index contributed by atoms with van der Waals surface area (Å²) in [5.41, 5.74) is 2.67. The SMILES string of the molecule is C=CCn1cc(CN2CCC(O)(c3ccccc3OC)CC2)c2ccccc21. The van der Waals surface area contributed by atoms with Gasteiger partial charge in [-0.05, 0) is 30.5 Å². The Hall–Kier alpha value is -2.56. The van der Waals surface area contributed by atoms with E-state index in [4.69, 9.17) is 4.74 Å². The number of rotatable bonds is 6. The van der Waals surface area contributed by atoms with Gasteiger partial charge in [-0.1, -0.05) is 42.5 Å². The van der Waals surface area contributed by atoms with E-state index in [1.165, 1.54) is 16.5 Å². The molecule has 0 saturated carbocycles. The van der Waals surface area contributed by atoms with Crippen LogP contribution in [0.25, 0.3) is 10.9 Å². The number of benzene rings is 2. The van der Waals surface area contributed by atoms with Crippen molar-refractivity contribution in [2.24, 2.45) is 0 Å². The number of hydrogen-bond acceptors (Lipinski definition) is 3. The predicted molar refractivity (Wildman–Crippen MR) is 114 cm³/mol. The van der Waals surface area contributed by atoms with E-state index in [1.54, 1.807) is 7.11 Å². The highest BCUT2D eigenvalue weighted by molar-refractivity contribution is 5.84. The van der Waals surface area contributed by atoms with Gasteiger partial charge in [0.15, 0.2) is 0 Å². The van der Waals surface area contributed by atoms with Crippen LogP contribution in [0.4, 0.5) is 0 Å². The lowest BCUT2D eigenvalue weighted by atomic mass is 9.84. The minimum Gasteiger partial charge on any atom is -0.496 e. The van der Waals surface area contributed by atoms with Gasteiger partial charge in [0.2, 0.25) is 0 Å². The molecule has 4 rings (SSSR count). The number of methoxy groups -OCH3 is 1. The number of allylic oxidation sites excluding steroid dienone is 1. The summed E-state index contributed by atoms with van der Waals surface area (Å²) in [4.78, 5) is 2.43. The van der Waals surface area contributed by atoms with Crippen molar-refractivity contribution < 1.29 is 9.84 Å². The molecule has 1 aliphatic rings. The molecule has 4 nitrogen and oxygen atoms in total. The van der Waals surface area contributed by atoms with Crippen LogP contribution in [0.3, 0.4) is 0 Å². The maximum absolute atomic E-state index is 11.3. The Balaban J connectivity index is 1.51. The van der Waals surface area contributed by atoms with Crippen molar-refractivity contribution in [2.45, 2.75) is 31.5 Å². The van der Waals surface area contributed by atoms with E-state index in [0.29, 0.717) is 12.8 Å². The van der Waals surface area contributed by atoms with Crippen molar-refractivity contribution in [3.63, 3.8) is 0 Å². The lowest BCUT2D eigenvalue weighted by molar-refractivity contribution is -0.0291. The fraction of sp³-hybridized carbons (Fsp3) is 0.333. The molecule has 1 saturated heterocycles. The molecule has 4 heteroatoms. The van der Waals surface area contributed by atoms with E-state index in [2.05, 4.69) is 46.5 Å². The Morgan fingerprint density at radius 3 is 2.57 bits per heavy atom. The number of fused-ring (bicyclic) bond motifs is 1. The molecule has 2 aromatic carbocycles. The predicted octanol–water partition coefficient (Wildman–Crippen LogP) is 4.32.